The van der Waals surface area contributed by atoms with Crippen LogP contribution in [0, 0.1) is 6.92 Å². The summed E-state index contributed by atoms with van der Waals surface area (Å²) in [7, 11) is 0. The first-order valence-electron chi connectivity index (χ1n) is 9.25. The molecule has 0 aliphatic rings. The number of carbonyl (C=O) groups excluding carboxylic acids is 1. The first kappa shape index (κ1) is 26.5. The summed E-state index contributed by atoms with van der Waals surface area (Å²) in [6.07, 6.45) is -6.15. The fraction of sp³-hybridized carbons (Fsp3) is 0.318. The van der Waals surface area contributed by atoms with Gasteiger partial charge in [-0.15, -0.1) is 11.6 Å². The lowest BCUT2D eigenvalue weighted by Gasteiger charge is -2.34. The van der Waals surface area contributed by atoms with Gasteiger partial charge < -0.3 is 5.32 Å². The van der Waals surface area contributed by atoms with E-state index in [2.05, 4.69) is 11.9 Å². The quantitative estimate of drug-likeness (QED) is 0.147. The topological polar surface area (TPSA) is 29.1 Å². The van der Waals surface area contributed by atoms with Gasteiger partial charge in [-0.05, 0) is 54.3 Å². The van der Waals surface area contributed by atoms with E-state index in [1.165, 1.54) is 19.1 Å². The number of rotatable bonds is 8. The normalized spacial score (nSPS) is 14.0. The minimum absolute atomic E-state index is 0.0132. The molecule has 0 aliphatic heterocycles. The van der Waals surface area contributed by atoms with Crippen molar-refractivity contribution in [3.8, 4) is 0 Å². The van der Waals surface area contributed by atoms with Crippen LogP contribution in [0.2, 0.25) is 0 Å². The number of hydrogen-bond donors (Lipinski definition) is 1. The number of allylic oxidation sites excluding steroid dienone is 1. The average molecular weight is 590 g/mol. The van der Waals surface area contributed by atoms with Crippen molar-refractivity contribution in [3.63, 3.8) is 0 Å². The molecule has 0 saturated carbocycles. The Labute approximate surface area is 200 Å². The van der Waals surface area contributed by atoms with Crippen LogP contribution >= 0.6 is 34.2 Å². The van der Waals surface area contributed by atoms with Crippen molar-refractivity contribution in [2.45, 2.75) is 37.0 Å². The highest BCUT2D eigenvalue weighted by Gasteiger charge is 2.71. The van der Waals surface area contributed by atoms with Gasteiger partial charge in [0, 0.05) is 27.1 Å². The molecular formula is C22H19ClF6INO. The number of anilines is 1. The van der Waals surface area contributed by atoms with Gasteiger partial charge in [0.2, 0.25) is 0 Å². The Bertz CT molecular complexity index is 993. The van der Waals surface area contributed by atoms with E-state index in [0.717, 1.165) is 11.6 Å². The SMILES string of the molecule is C=CC(F)(F)C(F)(c1cc(C)c(NC(=O)c2ccc(CCl)cc2)c(CCI)c1)C(F)(F)F. The van der Waals surface area contributed by atoms with Crippen molar-refractivity contribution < 1.29 is 31.1 Å². The Morgan fingerprint density at radius 2 is 1.72 bits per heavy atom. The molecule has 0 fully saturated rings. The highest BCUT2D eigenvalue weighted by atomic mass is 127. The Hall–Kier alpha value is -1.75. The lowest BCUT2D eigenvalue weighted by molar-refractivity contribution is -0.296. The van der Waals surface area contributed by atoms with Crippen LogP contribution in [0.25, 0.3) is 0 Å². The van der Waals surface area contributed by atoms with E-state index < -0.39 is 29.2 Å². The number of nitrogens with one attached hydrogen (secondary N) is 1. The maximum atomic E-state index is 15.1. The molecule has 0 spiro atoms. The number of amides is 1. The van der Waals surface area contributed by atoms with Crippen LogP contribution in [-0.4, -0.2) is 22.4 Å². The van der Waals surface area contributed by atoms with Crippen LogP contribution in [0.4, 0.5) is 32.0 Å². The second kappa shape index (κ2) is 10.0. The van der Waals surface area contributed by atoms with Crippen molar-refractivity contribution >= 4 is 45.8 Å². The zero-order valence-electron chi connectivity index (χ0n) is 16.8. The number of aryl methyl sites for hydroxylation is 2. The van der Waals surface area contributed by atoms with E-state index in [1.54, 1.807) is 12.1 Å². The molecule has 2 aromatic carbocycles. The fourth-order valence-corrected chi connectivity index (χ4v) is 3.91. The van der Waals surface area contributed by atoms with Crippen LogP contribution in [0.1, 0.15) is 32.6 Å². The summed E-state index contributed by atoms with van der Waals surface area (Å²) in [6, 6.07) is 7.73. The van der Waals surface area contributed by atoms with Crippen LogP contribution in [0.3, 0.4) is 0 Å². The van der Waals surface area contributed by atoms with Gasteiger partial charge in [-0.1, -0.05) is 47.4 Å². The highest BCUT2D eigenvalue weighted by molar-refractivity contribution is 14.1. The molecule has 1 amide bonds. The van der Waals surface area contributed by atoms with E-state index in [-0.39, 0.29) is 40.8 Å². The van der Waals surface area contributed by atoms with Crippen molar-refractivity contribution in [1.29, 1.82) is 0 Å². The van der Waals surface area contributed by atoms with E-state index >= 15 is 4.39 Å². The Balaban J connectivity index is 2.58. The summed E-state index contributed by atoms with van der Waals surface area (Å²) in [4.78, 5) is 12.6. The van der Waals surface area contributed by atoms with E-state index in [9.17, 15) is 26.7 Å². The van der Waals surface area contributed by atoms with Gasteiger partial charge in [-0.3, -0.25) is 4.79 Å². The summed E-state index contributed by atoms with van der Waals surface area (Å²) in [6.45, 7) is 3.98. The lowest BCUT2D eigenvalue weighted by atomic mass is 9.85. The molecular weight excluding hydrogens is 571 g/mol. The summed E-state index contributed by atoms with van der Waals surface area (Å²) >= 11 is 7.66. The number of hydrogen-bond acceptors (Lipinski definition) is 1. The van der Waals surface area contributed by atoms with Crippen molar-refractivity contribution in [2.24, 2.45) is 0 Å². The first-order chi connectivity index (χ1) is 14.8. The molecule has 2 nitrogen and oxygen atoms in total. The van der Waals surface area contributed by atoms with Crippen molar-refractivity contribution in [3.05, 3.63) is 76.9 Å². The maximum Gasteiger partial charge on any atom is 0.433 e. The molecule has 1 unspecified atom stereocenters. The zero-order chi connectivity index (χ0) is 24.3. The molecule has 0 radical (unpaired) electrons. The van der Waals surface area contributed by atoms with Crippen molar-refractivity contribution in [2.75, 3.05) is 9.74 Å². The smallest absolute Gasteiger partial charge is 0.321 e. The first-order valence-corrected chi connectivity index (χ1v) is 11.3. The van der Waals surface area contributed by atoms with Gasteiger partial charge in [0.25, 0.3) is 11.6 Å². The van der Waals surface area contributed by atoms with Crippen LogP contribution in [-0.2, 0) is 18.0 Å². The largest absolute Gasteiger partial charge is 0.433 e. The van der Waals surface area contributed by atoms with Gasteiger partial charge >= 0.3 is 12.1 Å². The zero-order valence-corrected chi connectivity index (χ0v) is 19.7. The molecule has 0 bridgehead atoms. The van der Waals surface area contributed by atoms with Crippen molar-refractivity contribution in [1.82, 2.24) is 0 Å². The van der Waals surface area contributed by atoms with E-state index in [4.69, 9.17) is 11.6 Å². The number of carbonyl (C=O) groups is 1. The molecule has 0 aliphatic carbocycles. The summed E-state index contributed by atoms with van der Waals surface area (Å²) in [5, 5.41) is 2.60. The Kier molecular flexibility index (Phi) is 8.30. The van der Waals surface area contributed by atoms with Gasteiger partial charge in [0.1, 0.15) is 0 Å². The van der Waals surface area contributed by atoms with E-state index in [0.29, 0.717) is 10.5 Å². The molecule has 32 heavy (non-hydrogen) atoms. The number of benzene rings is 2. The second-order valence-electron chi connectivity index (χ2n) is 7.03. The summed E-state index contributed by atoms with van der Waals surface area (Å²) in [5.74, 6) is -5.22. The molecule has 2 rings (SSSR count). The standard InChI is InChI=1S/C22H19ClF6INO/c1-3-20(24,25)21(26,22(27,28)29)17-10-13(2)18(16(11-17)8-9-30)31-19(32)15-6-4-14(12-23)5-7-15/h3-7,10-11H,1,8-9,12H2,2H3,(H,31,32). The third-order valence-corrected chi connectivity index (χ3v) is 5.74. The van der Waals surface area contributed by atoms with Gasteiger partial charge in [-0.2, -0.15) is 22.0 Å². The second-order valence-corrected chi connectivity index (χ2v) is 8.38. The third kappa shape index (κ3) is 5.08. The lowest BCUT2D eigenvalue weighted by Crippen LogP contribution is -2.51. The van der Waals surface area contributed by atoms with Crippen LogP contribution in [0.5, 0.6) is 0 Å². The Morgan fingerprint density at radius 3 is 2.19 bits per heavy atom. The molecule has 10 heteroatoms. The molecule has 0 saturated heterocycles. The predicted octanol–water partition coefficient (Wildman–Crippen LogP) is 7.51. The predicted molar refractivity (Wildman–Crippen MR) is 122 cm³/mol. The fourth-order valence-electron chi connectivity index (χ4n) is 3.15. The minimum atomic E-state index is -5.91. The van der Waals surface area contributed by atoms with E-state index in [1.807, 2.05) is 22.6 Å². The molecule has 0 aromatic heterocycles. The van der Waals surface area contributed by atoms with Crippen LogP contribution in [0.15, 0.2) is 49.1 Å². The molecule has 1 atom stereocenters. The highest BCUT2D eigenvalue weighted by Crippen LogP contribution is 2.53. The number of alkyl halides is 8. The summed E-state index contributed by atoms with van der Waals surface area (Å²) in [5.41, 5.74) is -4.93. The third-order valence-electron chi connectivity index (χ3n) is 4.89. The molecule has 0 heterocycles. The average Bonchev–Trinajstić information content (AvgIpc) is 2.74. The summed E-state index contributed by atoms with van der Waals surface area (Å²) < 4.78 is 84.3. The monoisotopic (exact) mass is 589 g/mol. The molecule has 1 N–H and O–H groups in total. The molecule has 174 valence electrons. The minimum Gasteiger partial charge on any atom is -0.321 e. The number of halogens is 8. The van der Waals surface area contributed by atoms with Crippen LogP contribution < -0.4 is 5.32 Å². The molecule has 2 aromatic rings. The van der Waals surface area contributed by atoms with Gasteiger partial charge in [0.15, 0.2) is 0 Å². The van der Waals surface area contributed by atoms with Gasteiger partial charge in [-0.25, -0.2) is 4.39 Å². The maximum absolute atomic E-state index is 15.1. The van der Waals surface area contributed by atoms with Gasteiger partial charge in [0.05, 0.1) is 0 Å². The Morgan fingerprint density at radius 1 is 1.12 bits per heavy atom.